The molecule has 1 N–H and O–H groups in total. The molecule has 0 saturated carbocycles. The summed E-state index contributed by atoms with van der Waals surface area (Å²) in [6, 6.07) is 14.4. The zero-order chi connectivity index (χ0) is 19.5. The third-order valence-corrected chi connectivity index (χ3v) is 4.94. The Morgan fingerprint density at radius 3 is 2.79 bits per heavy atom. The standard InChI is InChI=1S/C19H16N4O4S/c1-26-13-8-6-12(7-9-13)18-21-22-19(27-18)28-11-17(25)23-10-16(24)20-14-4-2-3-5-15(14)23/h2-9H,10-11H2,1H3,(H,20,24). The number of para-hydroxylation sites is 2. The Bertz CT molecular complexity index is 1020. The lowest BCUT2D eigenvalue weighted by atomic mass is 10.2. The summed E-state index contributed by atoms with van der Waals surface area (Å²) in [5.74, 6) is 0.731. The van der Waals surface area contributed by atoms with E-state index in [1.54, 1.807) is 37.4 Å². The van der Waals surface area contributed by atoms with E-state index in [1.807, 2.05) is 18.2 Å². The lowest BCUT2D eigenvalue weighted by Crippen LogP contribution is -2.43. The number of nitrogens with one attached hydrogen (secondary N) is 1. The van der Waals surface area contributed by atoms with Gasteiger partial charge >= 0.3 is 0 Å². The number of carbonyl (C=O) groups is 2. The number of fused-ring (bicyclic) bond motifs is 1. The summed E-state index contributed by atoms with van der Waals surface area (Å²) in [5.41, 5.74) is 2.06. The maximum Gasteiger partial charge on any atom is 0.277 e. The zero-order valence-corrected chi connectivity index (χ0v) is 15.7. The molecule has 0 bridgehead atoms. The Morgan fingerprint density at radius 1 is 1.21 bits per heavy atom. The predicted octanol–water partition coefficient (Wildman–Crippen LogP) is 2.82. The summed E-state index contributed by atoms with van der Waals surface area (Å²) >= 11 is 1.13. The van der Waals surface area contributed by atoms with Crippen LogP contribution in [-0.2, 0) is 9.59 Å². The number of nitrogens with zero attached hydrogens (tertiary/aromatic N) is 3. The minimum atomic E-state index is -0.225. The highest BCUT2D eigenvalue weighted by Gasteiger charge is 2.26. The van der Waals surface area contributed by atoms with Crippen molar-refractivity contribution in [2.45, 2.75) is 5.22 Å². The molecule has 1 aliphatic heterocycles. The molecule has 0 radical (unpaired) electrons. The minimum Gasteiger partial charge on any atom is -0.497 e. The first-order valence-corrected chi connectivity index (χ1v) is 9.42. The number of thioether (sulfide) groups is 1. The van der Waals surface area contributed by atoms with Gasteiger partial charge < -0.3 is 19.4 Å². The normalized spacial score (nSPS) is 13.0. The molecule has 2 amide bonds. The molecule has 3 aromatic rings. The molecule has 2 aromatic carbocycles. The largest absolute Gasteiger partial charge is 0.497 e. The van der Waals surface area contributed by atoms with Crippen molar-refractivity contribution in [3.05, 3.63) is 48.5 Å². The molecule has 9 heteroatoms. The topological polar surface area (TPSA) is 97.6 Å². The van der Waals surface area contributed by atoms with Gasteiger partial charge in [0.25, 0.3) is 5.22 Å². The molecule has 0 aliphatic carbocycles. The second-order valence-electron chi connectivity index (χ2n) is 5.94. The molecule has 1 aromatic heterocycles. The highest BCUT2D eigenvalue weighted by molar-refractivity contribution is 7.99. The van der Waals surface area contributed by atoms with E-state index in [2.05, 4.69) is 15.5 Å². The molecule has 0 spiro atoms. The van der Waals surface area contributed by atoms with E-state index in [9.17, 15) is 9.59 Å². The molecular formula is C19H16N4O4S. The molecule has 4 rings (SSSR count). The van der Waals surface area contributed by atoms with Crippen LogP contribution in [0.1, 0.15) is 0 Å². The first kappa shape index (κ1) is 18.1. The van der Waals surface area contributed by atoms with Crippen molar-refractivity contribution in [3.8, 4) is 17.2 Å². The Labute approximate surface area is 164 Å². The first-order valence-electron chi connectivity index (χ1n) is 8.44. The van der Waals surface area contributed by atoms with Crippen LogP contribution in [0, 0.1) is 0 Å². The fraction of sp³-hybridized carbons (Fsp3) is 0.158. The van der Waals surface area contributed by atoms with Gasteiger partial charge in [-0.15, -0.1) is 10.2 Å². The van der Waals surface area contributed by atoms with Crippen molar-refractivity contribution in [2.75, 3.05) is 29.6 Å². The monoisotopic (exact) mass is 396 g/mol. The Morgan fingerprint density at radius 2 is 2.00 bits per heavy atom. The van der Waals surface area contributed by atoms with Crippen molar-refractivity contribution < 1.29 is 18.7 Å². The van der Waals surface area contributed by atoms with Crippen LogP contribution >= 0.6 is 11.8 Å². The number of rotatable bonds is 5. The highest BCUT2D eigenvalue weighted by Crippen LogP contribution is 2.30. The lowest BCUT2D eigenvalue weighted by molar-refractivity contribution is -0.120. The number of ether oxygens (including phenoxy) is 1. The zero-order valence-electron chi connectivity index (χ0n) is 14.9. The van der Waals surface area contributed by atoms with E-state index in [-0.39, 0.29) is 29.3 Å². The van der Waals surface area contributed by atoms with Gasteiger partial charge in [-0.05, 0) is 36.4 Å². The number of benzene rings is 2. The minimum absolute atomic E-state index is 0.0165. The van der Waals surface area contributed by atoms with E-state index in [0.29, 0.717) is 17.3 Å². The summed E-state index contributed by atoms with van der Waals surface area (Å²) in [5, 5.41) is 11.0. The van der Waals surface area contributed by atoms with Crippen molar-refractivity contribution in [1.29, 1.82) is 0 Å². The average molecular weight is 396 g/mol. The fourth-order valence-electron chi connectivity index (χ4n) is 2.78. The maximum atomic E-state index is 12.6. The molecule has 0 saturated heterocycles. The maximum absolute atomic E-state index is 12.6. The van der Waals surface area contributed by atoms with Crippen LogP contribution in [0.5, 0.6) is 5.75 Å². The summed E-state index contributed by atoms with van der Waals surface area (Å²) in [6.45, 7) is -0.0165. The Kier molecular flexibility index (Phi) is 4.98. The number of methoxy groups -OCH3 is 1. The van der Waals surface area contributed by atoms with Gasteiger partial charge in [0.15, 0.2) is 0 Å². The summed E-state index contributed by atoms with van der Waals surface area (Å²) in [7, 11) is 1.60. The van der Waals surface area contributed by atoms with Crippen LogP contribution in [0.25, 0.3) is 11.5 Å². The molecule has 2 heterocycles. The number of carbonyl (C=O) groups excluding carboxylic acids is 2. The second kappa shape index (κ2) is 7.73. The number of anilines is 2. The predicted molar refractivity (Wildman–Crippen MR) is 104 cm³/mol. The number of amides is 2. The molecule has 0 unspecified atom stereocenters. The van der Waals surface area contributed by atoms with Crippen LogP contribution in [0.2, 0.25) is 0 Å². The molecule has 28 heavy (non-hydrogen) atoms. The first-order chi connectivity index (χ1) is 13.6. The molecule has 8 nitrogen and oxygen atoms in total. The van der Waals surface area contributed by atoms with Gasteiger partial charge in [-0.2, -0.15) is 0 Å². The molecule has 142 valence electrons. The van der Waals surface area contributed by atoms with Gasteiger partial charge in [0.05, 0.1) is 24.2 Å². The third kappa shape index (κ3) is 3.70. The molecule has 0 atom stereocenters. The van der Waals surface area contributed by atoms with Gasteiger partial charge in [-0.3, -0.25) is 9.59 Å². The van der Waals surface area contributed by atoms with Crippen molar-refractivity contribution in [3.63, 3.8) is 0 Å². The van der Waals surface area contributed by atoms with Gasteiger partial charge in [-0.25, -0.2) is 0 Å². The highest BCUT2D eigenvalue weighted by atomic mass is 32.2. The average Bonchev–Trinajstić information content (AvgIpc) is 3.20. The van der Waals surface area contributed by atoms with Gasteiger partial charge in [0.2, 0.25) is 17.7 Å². The van der Waals surface area contributed by atoms with Crippen LogP contribution in [0.3, 0.4) is 0 Å². The van der Waals surface area contributed by atoms with Crippen LogP contribution in [0.4, 0.5) is 11.4 Å². The smallest absolute Gasteiger partial charge is 0.277 e. The summed E-state index contributed by atoms with van der Waals surface area (Å²) in [4.78, 5) is 26.0. The molecule has 0 fully saturated rings. The van der Waals surface area contributed by atoms with Crippen LogP contribution < -0.4 is 15.0 Å². The SMILES string of the molecule is COc1ccc(-c2nnc(SCC(=O)N3CC(=O)Nc4ccccc43)o2)cc1. The van der Waals surface area contributed by atoms with Crippen LogP contribution in [-0.4, -0.2) is 41.4 Å². The summed E-state index contributed by atoms with van der Waals surface area (Å²) < 4.78 is 10.7. The van der Waals surface area contributed by atoms with Crippen molar-refractivity contribution in [1.82, 2.24) is 10.2 Å². The second-order valence-corrected chi connectivity index (χ2v) is 6.86. The van der Waals surface area contributed by atoms with Crippen molar-refractivity contribution >= 4 is 35.0 Å². The van der Waals surface area contributed by atoms with Gasteiger partial charge in [-0.1, -0.05) is 23.9 Å². The molecule has 1 aliphatic rings. The quantitative estimate of drug-likeness (QED) is 0.662. The van der Waals surface area contributed by atoms with E-state index < -0.39 is 0 Å². The van der Waals surface area contributed by atoms with Crippen molar-refractivity contribution in [2.24, 2.45) is 0 Å². The van der Waals surface area contributed by atoms with E-state index >= 15 is 0 Å². The van der Waals surface area contributed by atoms with E-state index in [1.165, 1.54) is 4.90 Å². The van der Waals surface area contributed by atoms with E-state index in [0.717, 1.165) is 23.1 Å². The Hall–Kier alpha value is -3.33. The number of aromatic nitrogens is 2. The van der Waals surface area contributed by atoms with E-state index in [4.69, 9.17) is 9.15 Å². The molecular weight excluding hydrogens is 380 g/mol. The number of hydrogen-bond donors (Lipinski definition) is 1. The van der Waals surface area contributed by atoms with Crippen LogP contribution in [0.15, 0.2) is 58.2 Å². The summed E-state index contributed by atoms with van der Waals surface area (Å²) in [6.07, 6.45) is 0. The third-order valence-electron chi connectivity index (χ3n) is 4.13. The Balaban J connectivity index is 1.43. The van der Waals surface area contributed by atoms with Gasteiger partial charge in [0, 0.05) is 5.56 Å². The number of hydrogen-bond acceptors (Lipinski definition) is 7. The lowest BCUT2D eigenvalue weighted by Gasteiger charge is -2.28. The fourth-order valence-corrected chi connectivity index (χ4v) is 3.41. The van der Waals surface area contributed by atoms with Gasteiger partial charge in [0.1, 0.15) is 12.3 Å².